The van der Waals surface area contributed by atoms with Crippen LogP contribution in [0.1, 0.15) is 66.7 Å². The van der Waals surface area contributed by atoms with Gasteiger partial charge in [0.15, 0.2) is 0 Å². The van der Waals surface area contributed by atoms with Gasteiger partial charge in [0.2, 0.25) is 0 Å². The maximum atomic E-state index is 9.46. The normalized spacial score (nSPS) is 14.6. The molecule has 0 fully saturated rings. The predicted molar refractivity (Wildman–Crippen MR) is 83.2 cm³/mol. The van der Waals surface area contributed by atoms with Gasteiger partial charge in [0, 0.05) is 6.04 Å². The summed E-state index contributed by atoms with van der Waals surface area (Å²) in [5.41, 5.74) is -0.335. The fraction of sp³-hybridized carbons (Fsp3) is 0.938. The molecule has 0 aromatic rings. The van der Waals surface area contributed by atoms with Crippen molar-refractivity contribution in [3.8, 4) is 6.07 Å². The Hall–Kier alpha value is -0.590. The van der Waals surface area contributed by atoms with Crippen LogP contribution in [0.3, 0.4) is 0 Å². The first-order valence-corrected chi connectivity index (χ1v) is 7.94. The van der Waals surface area contributed by atoms with Gasteiger partial charge in [0.05, 0.1) is 6.07 Å². The maximum absolute atomic E-state index is 9.46. The molecular formula is C16H33N3. The highest BCUT2D eigenvalue weighted by atomic mass is 15.1. The van der Waals surface area contributed by atoms with Crippen LogP contribution in [0, 0.1) is 11.3 Å². The third-order valence-electron chi connectivity index (χ3n) is 3.74. The molecule has 19 heavy (non-hydrogen) atoms. The highest BCUT2D eigenvalue weighted by molar-refractivity contribution is 5.06. The Kier molecular flexibility index (Phi) is 9.91. The zero-order valence-electron chi connectivity index (χ0n) is 13.6. The molecule has 0 saturated heterocycles. The van der Waals surface area contributed by atoms with Crippen LogP contribution in [0.5, 0.6) is 0 Å². The minimum absolute atomic E-state index is 0.335. The van der Waals surface area contributed by atoms with E-state index in [9.17, 15) is 5.26 Å². The molecule has 0 rings (SSSR count). The molecule has 0 radical (unpaired) electrons. The van der Waals surface area contributed by atoms with E-state index in [1.165, 1.54) is 19.4 Å². The van der Waals surface area contributed by atoms with Gasteiger partial charge in [-0.2, -0.15) is 5.26 Å². The van der Waals surface area contributed by atoms with Gasteiger partial charge in [0.25, 0.3) is 0 Å². The van der Waals surface area contributed by atoms with Crippen molar-refractivity contribution in [3.05, 3.63) is 0 Å². The Labute approximate surface area is 120 Å². The SMILES string of the molecule is CCCCN(CC)CCCC(C#N)(CC)NC(C)C. The number of nitrogens with zero attached hydrogens (tertiary/aromatic N) is 2. The largest absolute Gasteiger partial charge is 0.304 e. The molecule has 0 aromatic carbocycles. The van der Waals surface area contributed by atoms with E-state index < -0.39 is 0 Å². The lowest BCUT2D eigenvalue weighted by atomic mass is 9.91. The van der Waals surface area contributed by atoms with Crippen LogP contribution in [0.4, 0.5) is 0 Å². The molecule has 3 nitrogen and oxygen atoms in total. The van der Waals surface area contributed by atoms with E-state index in [1.54, 1.807) is 0 Å². The molecular weight excluding hydrogens is 234 g/mol. The molecule has 0 aliphatic carbocycles. The molecule has 3 heteroatoms. The first-order chi connectivity index (χ1) is 9.03. The molecule has 1 unspecified atom stereocenters. The Balaban J connectivity index is 4.21. The van der Waals surface area contributed by atoms with E-state index in [0.29, 0.717) is 6.04 Å². The second-order valence-electron chi connectivity index (χ2n) is 5.74. The topological polar surface area (TPSA) is 39.1 Å². The summed E-state index contributed by atoms with van der Waals surface area (Å²) in [5, 5.41) is 12.9. The number of hydrogen-bond donors (Lipinski definition) is 1. The molecule has 0 saturated carbocycles. The highest BCUT2D eigenvalue weighted by Crippen LogP contribution is 2.18. The number of nitriles is 1. The van der Waals surface area contributed by atoms with Crippen molar-refractivity contribution in [2.24, 2.45) is 0 Å². The maximum Gasteiger partial charge on any atom is 0.106 e. The third kappa shape index (κ3) is 7.54. The van der Waals surface area contributed by atoms with Gasteiger partial charge < -0.3 is 4.90 Å². The molecule has 0 amide bonds. The van der Waals surface area contributed by atoms with E-state index in [1.807, 2.05) is 0 Å². The smallest absolute Gasteiger partial charge is 0.106 e. The fourth-order valence-electron chi connectivity index (χ4n) is 2.49. The standard InChI is InChI=1S/C16H33N3/c1-6-9-12-19(8-3)13-10-11-16(7-2,14-17)18-15(4)5/h15,18H,6-13H2,1-5H3. The first-order valence-electron chi connectivity index (χ1n) is 7.94. The van der Waals surface area contributed by atoms with Crippen molar-refractivity contribution >= 4 is 0 Å². The van der Waals surface area contributed by atoms with Crippen LogP contribution in [-0.4, -0.2) is 36.1 Å². The van der Waals surface area contributed by atoms with Gasteiger partial charge in [0.1, 0.15) is 5.54 Å². The summed E-state index contributed by atoms with van der Waals surface area (Å²) in [7, 11) is 0. The van der Waals surface area contributed by atoms with Crippen molar-refractivity contribution in [1.29, 1.82) is 5.26 Å². The first kappa shape index (κ1) is 18.4. The monoisotopic (exact) mass is 267 g/mol. The molecule has 0 bridgehead atoms. The van der Waals surface area contributed by atoms with Crippen molar-refractivity contribution < 1.29 is 0 Å². The lowest BCUT2D eigenvalue weighted by molar-refractivity contribution is 0.255. The second kappa shape index (κ2) is 10.2. The number of unbranched alkanes of at least 4 members (excludes halogenated alkanes) is 1. The zero-order chi connectivity index (χ0) is 14.7. The summed E-state index contributed by atoms with van der Waals surface area (Å²) >= 11 is 0. The fourth-order valence-corrected chi connectivity index (χ4v) is 2.49. The summed E-state index contributed by atoms with van der Waals surface area (Å²) in [4.78, 5) is 2.50. The van der Waals surface area contributed by atoms with Crippen LogP contribution in [0.2, 0.25) is 0 Å². The molecule has 1 atom stereocenters. The summed E-state index contributed by atoms with van der Waals surface area (Å²) in [5.74, 6) is 0. The zero-order valence-corrected chi connectivity index (χ0v) is 13.6. The Morgan fingerprint density at radius 1 is 1.16 bits per heavy atom. The van der Waals surface area contributed by atoms with Crippen molar-refractivity contribution in [2.75, 3.05) is 19.6 Å². The molecule has 0 aliphatic rings. The Morgan fingerprint density at radius 3 is 2.21 bits per heavy atom. The highest BCUT2D eigenvalue weighted by Gasteiger charge is 2.27. The summed E-state index contributed by atoms with van der Waals surface area (Å²) in [6.07, 6.45) is 5.44. The van der Waals surface area contributed by atoms with Gasteiger partial charge in [-0.05, 0) is 59.2 Å². The molecule has 112 valence electrons. The van der Waals surface area contributed by atoms with E-state index in [-0.39, 0.29) is 5.54 Å². The van der Waals surface area contributed by atoms with Crippen molar-refractivity contribution in [3.63, 3.8) is 0 Å². The van der Waals surface area contributed by atoms with Crippen molar-refractivity contribution in [2.45, 2.75) is 78.3 Å². The molecule has 1 N–H and O–H groups in total. The quantitative estimate of drug-likeness (QED) is 0.622. The van der Waals surface area contributed by atoms with E-state index in [4.69, 9.17) is 0 Å². The Morgan fingerprint density at radius 2 is 1.79 bits per heavy atom. The van der Waals surface area contributed by atoms with Crippen LogP contribution in [0.25, 0.3) is 0 Å². The van der Waals surface area contributed by atoms with Gasteiger partial charge in [-0.15, -0.1) is 0 Å². The summed E-state index contributed by atoms with van der Waals surface area (Å²) < 4.78 is 0. The average molecular weight is 267 g/mol. The van der Waals surface area contributed by atoms with Crippen LogP contribution < -0.4 is 5.32 Å². The van der Waals surface area contributed by atoms with Crippen molar-refractivity contribution in [1.82, 2.24) is 10.2 Å². The van der Waals surface area contributed by atoms with Crippen LogP contribution in [-0.2, 0) is 0 Å². The van der Waals surface area contributed by atoms with Gasteiger partial charge >= 0.3 is 0 Å². The molecule has 0 spiro atoms. The van der Waals surface area contributed by atoms with E-state index in [2.05, 4.69) is 50.9 Å². The predicted octanol–water partition coefficient (Wildman–Crippen LogP) is 3.56. The number of rotatable bonds is 11. The molecule has 0 heterocycles. The van der Waals surface area contributed by atoms with Crippen LogP contribution >= 0.6 is 0 Å². The minimum Gasteiger partial charge on any atom is -0.304 e. The lowest BCUT2D eigenvalue weighted by Gasteiger charge is -2.30. The van der Waals surface area contributed by atoms with E-state index >= 15 is 0 Å². The lowest BCUT2D eigenvalue weighted by Crippen LogP contribution is -2.47. The van der Waals surface area contributed by atoms with Gasteiger partial charge in [-0.1, -0.05) is 27.2 Å². The number of nitrogens with one attached hydrogen (secondary N) is 1. The second-order valence-corrected chi connectivity index (χ2v) is 5.74. The minimum atomic E-state index is -0.335. The molecule has 0 aromatic heterocycles. The van der Waals surface area contributed by atoms with Gasteiger partial charge in [-0.3, -0.25) is 5.32 Å². The summed E-state index contributed by atoms with van der Waals surface area (Å²) in [6.45, 7) is 14.2. The Bertz CT molecular complexity index is 257. The summed E-state index contributed by atoms with van der Waals surface area (Å²) in [6, 6.07) is 2.86. The van der Waals surface area contributed by atoms with Gasteiger partial charge in [-0.25, -0.2) is 0 Å². The molecule has 0 aliphatic heterocycles. The van der Waals surface area contributed by atoms with E-state index in [0.717, 1.165) is 32.4 Å². The average Bonchev–Trinajstić information content (AvgIpc) is 2.40. The number of hydrogen-bond acceptors (Lipinski definition) is 3. The third-order valence-corrected chi connectivity index (χ3v) is 3.74. The van der Waals surface area contributed by atoms with Crippen LogP contribution in [0.15, 0.2) is 0 Å².